The SMILES string of the molecule is CC(C)S(O)(O)C(C)(C)c1cc(N2CCOC[C@@H]2C)nc(-c2ccc(NC(=O)NCCCO)cc2)n1. The van der Waals surface area contributed by atoms with Gasteiger partial charge in [0.05, 0.1) is 29.7 Å². The molecule has 1 aromatic heterocycles. The van der Waals surface area contributed by atoms with Crippen molar-refractivity contribution in [1.82, 2.24) is 15.3 Å². The molecule has 1 aliphatic rings. The molecule has 1 fully saturated rings. The molecule has 0 unspecified atom stereocenters. The van der Waals surface area contributed by atoms with Crippen LogP contribution in [0.25, 0.3) is 11.4 Å². The molecule has 10 nitrogen and oxygen atoms in total. The molecule has 0 aliphatic carbocycles. The molecule has 2 amide bonds. The number of benzene rings is 1. The maximum Gasteiger partial charge on any atom is 0.319 e. The van der Waals surface area contributed by atoms with E-state index in [1.165, 1.54) is 0 Å². The fraction of sp³-hybridized carbons (Fsp3) is 0.560. The zero-order valence-corrected chi connectivity index (χ0v) is 22.5. The Morgan fingerprint density at radius 3 is 2.56 bits per heavy atom. The summed E-state index contributed by atoms with van der Waals surface area (Å²) in [7, 11) is -3.02. The summed E-state index contributed by atoms with van der Waals surface area (Å²) in [5, 5.41) is 13.9. The fourth-order valence-electron chi connectivity index (χ4n) is 3.99. The van der Waals surface area contributed by atoms with Gasteiger partial charge in [0.25, 0.3) is 0 Å². The summed E-state index contributed by atoms with van der Waals surface area (Å²) in [5.74, 6) is 1.18. The van der Waals surface area contributed by atoms with Crippen LogP contribution in [-0.2, 0) is 9.48 Å². The fourth-order valence-corrected chi connectivity index (χ4v) is 5.58. The molecule has 1 aromatic carbocycles. The lowest BCUT2D eigenvalue weighted by atomic mass is 10.1. The number of aromatic nitrogens is 2. The van der Waals surface area contributed by atoms with Crippen LogP contribution in [0.15, 0.2) is 30.3 Å². The van der Waals surface area contributed by atoms with Gasteiger partial charge in [-0.1, -0.05) is 0 Å². The average molecular weight is 522 g/mol. The van der Waals surface area contributed by atoms with E-state index >= 15 is 0 Å². The molecule has 1 saturated heterocycles. The standard InChI is InChI=1S/C25H39N5O5S/c1-17(2)36(33,34)25(4,5)21-15-22(30-12-14-35-16-18(30)3)29-23(28-21)19-7-9-20(10-8-19)27-24(32)26-11-6-13-31/h7-10,15,17-18,31,33-34H,6,11-14,16H2,1-5H3,(H2,26,27,32)/t18-/m0/s1. The zero-order valence-electron chi connectivity index (χ0n) is 21.7. The molecule has 1 atom stereocenters. The summed E-state index contributed by atoms with van der Waals surface area (Å²) < 4.78 is 26.7. The maximum atomic E-state index is 12.0. The van der Waals surface area contributed by atoms with Crippen molar-refractivity contribution in [3.63, 3.8) is 0 Å². The number of aliphatic hydroxyl groups is 1. The van der Waals surface area contributed by atoms with E-state index < -0.39 is 15.3 Å². The summed E-state index contributed by atoms with van der Waals surface area (Å²) in [4.78, 5) is 23.8. The number of nitrogens with zero attached hydrogens (tertiary/aromatic N) is 3. The van der Waals surface area contributed by atoms with E-state index in [0.717, 1.165) is 5.56 Å². The highest BCUT2D eigenvalue weighted by atomic mass is 32.3. The minimum Gasteiger partial charge on any atom is -0.396 e. The molecule has 2 aromatic rings. The number of aliphatic hydroxyl groups excluding tert-OH is 1. The van der Waals surface area contributed by atoms with E-state index in [1.54, 1.807) is 26.0 Å². The molecule has 0 bridgehead atoms. The Morgan fingerprint density at radius 1 is 1.25 bits per heavy atom. The van der Waals surface area contributed by atoms with Crippen LogP contribution in [0.2, 0.25) is 0 Å². The van der Waals surface area contributed by atoms with Crippen molar-refractivity contribution in [2.24, 2.45) is 0 Å². The minimum absolute atomic E-state index is 0.0163. The summed E-state index contributed by atoms with van der Waals surface area (Å²) in [6, 6.07) is 8.79. The number of nitrogens with one attached hydrogen (secondary N) is 2. The van der Waals surface area contributed by atoms with Crippen molar-refractivity contribution < 1.29 is 23.7 Å². The first-order chi connectivity index (χ1) is 17.0. The topological polar surface area (TPSA) is 140 Å². The van der Waals surface area contributed by atoms with Gasteiger partial charge in [-0.15, -0.1) is 0 Å². The first-order valence-corrected chi connectivity index (χ1v) is 13.8. The number of urea groups is 1. The van der Waals surface area contributed by atoms with E-state index in [1.807, 2.05) is 32.0 Å². The molecule has 0 radical (unpaired) electrons. The number of ether oxygens (including phenoxy) is 1. The van der Waals surface area contributed by atoms with Gasteiger partial charge in [-0.2, -0.15) is 10.6 Å². The van der Waals surface area contributed by atoms with Crippen molar-refractivity contribution in [2.45, 2.75) is 57.1 Å². The number of hydrogen-bond acceptors (Lipinski definition) is 8. The van der Waals surface area contributed by atoms with Crippen molar-refractivity contribution in [3.05, 3.63) is 36.0 Å². The molecule has 1 aliphatic heterocycles. The van der Waals surface area contributed by atoms with Crippen LogP contribution >= 0.6 is 10.6 Å². The third-order valence-corrected chi connectivity index (χ3v) is 9.45. The van der Waals surface area contributed by atoms with Crippen LogP contribution in [-0.4, -0.2) is 74.4 Å². The van der Waals surface area contributed by atoms with E-state index in [4.69, 9.17) is 19.8 Å². The number of carbonyl (C=O) groups is 1. The molecule has 5 N–H and O–H groups in total. The Bertz CT molecular complexity index is 1030. The van der Waals surface area contributed by atoms with E-state index in [-0.39, 0.29) is 23.9 Å². The van der Waals surface area contributed by atoms with Crippen molar-refractivity contribution in [2.75, 3.05) is 43.1 Å². The lowest BCUT2D eigenvalue weighted by molar-refractivity contribution is 0.0985. The van der Waals surface area contributed by atoms with E-state index in [9.17, 15) is 13.9 Å². The molecule has 0 saturated carbocycles. The quantitative estimate of drug-likeness (QED) is 0.308. The number of rotatable bonds is 9. The van der Waals surface area contributed by atoms with Crippen LogP contribution in [0.4, 0.5) is 16.3 Å². The average Bonchev–Trinajstić information content (AvgIpc) is 2.84. The Kier molecular flexibility index (Phi) is 9.18. The highest BCUT2D eigenvalue weighted by Crippen LogP contribution is 2.60. The van der Waals surface area contributed by atoms with E-state index in [0.29, 0.717) is 55.7 Å². The molecular weight excluding hydrogens is 482 g/mol. The van der Waals surface area contributed by atoms with Crippen molar-refractivity contribution in [3.8, 4) is 11.4 Å². The molecule has 11 heteroatoms. The third kappa shape index (κ3) is 6.27. The molecule has 0 spiro atoms. The number of amides is 2. The van der Waals surface area contributed by atoms with Crippen LogP contribution in [0.5, 0.6) is 0 Å². The van der Waals surface area contributed by atoms with E-state index in [2.05, 4.69) is 22.5 Å². The van der Waals surface area contributed by atoms with Gasteiger partial charge in [-0.3, -0.25) is 9.11 Å². The third-order valence-electron chi connectivity index (χ3n) is 6.42. The summed E-state index contributed by atoms with van der Waals surface area (Å²) in [5.41, 5.74) is 1.90. The predicted octanol–water partition coefficient (Wildman–Crippen LogP) is 4.27. The summed E-state index contributed by atoms with van der Waals surface area (Å²) >= 11 is 0. The second kappa shape index (κ2) is 11.7. The van der Waals surface area contributed by atoms with Crippen LogP contribution < -0.4 is 15.5 Å². The van der Waals surface area contributed by atoms with Crippen molar-refractivity contribution >= 4 is 28.1 Å². The van der Waals surface area contributed by atoms with Crippen LogP contribution in [0.3, 0.4) is 0 Å². The second-order valence-corrected chi connectivity index (χ2v) is 12.9. The molecule has 2 heterocycles. The van der Waals surface area contributed by atoms with Gasteiger partial charge in [0.1, 0.15) is 5.82 Å². The number of carbonyl (C=O) groups excluding carboxylic acids is 1. The number of hydrogen-bond donors (Lipinski definition) is 5. The van der Waals surface area contributed by atoms with Gasteiger partial charge in [-0.25, -0.2) is 14.8 Å². The Labute approximate surface area is 214 Å². The van der Waals surface area contributed by atoms with Gasteiger partial charge in [0.15, 0.2) is 5.82 Å². The van der Waals surface area contributed by atoms with Gasteiger partial charge in [-0.05, 0) is 65.3 Å². The molecular formula is C25H39N5O5S. The van der Waals surface area contributed by atoms with Crippen LogP contribution in [0, 0.1) is 0 Å². The van der Waals surface area contributed by atoms with Gasteiger partial charge >= 0.3 is 6.03 Å². The van der Waals surface area contributed by atoms with Crippen molar-refractivity contribution in [1.29, 1.82) is 0 Å². The van der Waals surface area contributed by atoms with Gasteiger partial charge in [0.2, 0.25) is 0 Å². The monoisotopic (exact) mass is 521 g/mol. The Morgan fingerprint density at radius 2 is 1.94 bits per heavy atom. The summed E-state index contributed by atoms with van der Waals surface area (Å²) in [6.45, 7) is 11.5. The normalized spacial score (nSPS) is 17.2. The first kappa shape index (κ1) is 28.1. The van der Waals surface area contributed by atoms with Crippen LogP contribution in [0.1, 0.15) is 46.7 Å². The largest absolute Gasteiger partial charge is 0.396 e. The lowest BCUT2D eigenvalue weighted by Gasteiger charge is -2.49. The second-order valence-electron chi connectivity index (χ2n) is 9.74. The number of morpholine rings is 1. The highest BCUT2D eigenvalue weighted by molar-refractivity contribution is 8.25. The summed E-state index contributed by atoms with van der Waals surface area (Å²) in [6.07, 6.45) is 0.488. The molecule has 36 heavy (non-hydrogen) atoms. The highest BCUT2D eigenvalue weighted by Gasteiger charge is 2.40. The lowest BCUT2D eigenvalue weighted by Crippen LogP contribution is -2.44. The smallest absolute Gasteiger partial charge is 0.319 e. The molecule has 200 valence electrons. The Balaban J connectivity index is 1.97. The molecule has 3 rings (SSSR count). The number of anilines is 2. The minimum atomic E-state index is -3.02. The zero-order chi connectivity index (χ0) is 26.5. The van der Waals surface area contributed by atoms with Gasteiger partial charge in [0, 0.05) is 42.3 Å². The van der Waals surface area contributed by atoms with Gasteiger partial charge < -0.3 is 25.4 Å². The first-order valence-electron chi connectivity index (χ1n) is 12.2. The maximum absolute atomic E-state index is 12.0. The predicted molar refractivity (Wildman–Crippen MR) is 145 cm³/mol. The Hall–Kier alpha value is -2.44.